The minimum atomic E-state index is -3.76. The van der Waals surface area contributed by atoms with Crippen LogP contribution in [0.1, 0.15) is 15.9 Å². The predicted molar refractivity (Wildman–Crippen MR) is 121 cm³/mol. The molecule has 162 valence electrons. The fraction of sp³-hybridized carbons (Fsp3) is 0.174. The van der Waals surface area contributed by atoms with Gasteiger partial charge in [0, 0.05) is 18.7 Å². The highest BCUT2D eigenvalue weighted by molar-refractivity contribution is 7.92. The molecule has 0 aliphatic rings. The van der Waals surface area contributed by atoms with Crippen molar-refractivity contribution in [3.8, 4) is 11.5 Å². The number of hydrogen-bond acceptors (Lipinski definition) is 5. The number of nitrogens with one attached hydrogen (secondary N) is 1. The first-order valence-electron chi connectivity index (χ1n) is 9.45. The number of aryl methyl sites for hydroxylation is 1. The zero-order chi connectivity index (χ0) is 22.6. The lowest BCUT2D eigenvalue weighted by Crippen LogP contribution is -2.27. The summed E-state index contributed by atoms with van der Waals surface area (Å²) >= 11 is 0. The predicted octanol–water partition coefficient (Wildman–Crippen LogP) is 4.09. The molecular formula is C23H24N2O5S. The number of nitrogens with zero attached hydrogens (tertiary/aromatic N) is 1. The Morgan fingerprint density at radius 3 is 2.29 bits per heavy atom. The van der Waals surface area contributed by atoms with E-state index >= 15 is 0 Å². The Morgan fingerprint density at radius 2 is 1.65 bits per heavy atom. The summed E-state index contributed by atoms with van der Waals surface area (Å²) in [5.41, 5.74) is 2.12. The number of carbonyl (C=O) groups excluding carboxylic acids is 1. The topological polar surface area (TPSA) is 84.9 Å². The molecule has 1 N–H and O–H groups in total. The molecule has 3 aromatic rings. The van der Waals surface area contributed by atoms with Gasteiger partial charge in [-0.15, -0.1) is 0 Å². The summed E-state index contributed by atoms with van der Waals surface area (Å²) in [5, 5.41) is 2.78. The van der Waals surface area contributed by atoms with Crippen molar-refractivity contribution in [1.82, 2.24) is 0 Å². The Kier molecular flexibility index (Phi) is 6.50. The monoisotopic (exact) mass is 440 g/mol. The number of carbonyl (C=O) groups is 1. The molecule has 0 unspecified atom stereocenters. The Morgan fingerprint density at radius 1 is 0.935 bits per heavy atom. The van der Waals surface area contributed by atoms with Crippen LogP contribution >= 0.6 is 0 Å². The summed E-state index contributed by atoms with van der Waals surface area (Å²) in [5.74, 6) is 0.647. The molecule has 0 saturated heterocycles. The van der Waals surface area contributed by atoms with Gasteiger partial charge in [0.15, 0.2) is 0 Å². The molecule has 3 aromatic carbocycles. The third-order valence-electron chi connectivity index (χ3n) is 4.81. The summed E-state index contributed by atoms with van der Waals surface area (Å²) in [6.07, 6.45) is 0. The molecule has 0 atom stereocenters. The molecule has 0 fully saturated rings. The zero-order valence-corrected chi connectivity index (χ0v) is 18.6. The van der Waals surface area contributed by atoms with Gasteiger partial charge in [0.05, 0.1) is 30.5 Å². The van der Waals surface area contributed by atoms with Crippen LogP contribution in [0, 0.1) is 6.92 Å². The lowest BCUT2D eigenvalue weighted by molar-refractivity contribution is 0.102. The molecule has 0 aliphatic heterocycles. The molecule has 0 spiro atoms. The van der Waals surface area contributed by atoms with E-state index in [9.17, 15) is 13.2 Å². The van der Waals surface area contributed by atoms with Gasteiger partial charge in [-0.3, -0.25) is 9.10 Å². The van der Waals surface area contributed by atoms with Gasteiger partial charge < -0.3 is 14.8 Å². The highest BCUT2D eigenvalue weighted by atomic mass is 32.2. The summed E-state index contributed by atoms with van der Waals surface area (Å²) in [4.78, 5) is 13.0. The Labute approximate surface area is 182 Å². The molecule has 3 rings (SSSR count). The van der Waals surface area contributed by atoms with Crippen molar-refractivity contribution in [2.75, 3.05) is 30.9 Å². The summed E-state index contributed by atoms with van der Waals surface area (Å²) in [7, 11) is 0.734. The lowest BCUT2D eigenvalue weighted by atomic mass is 10.1. The van der Waals surface area contributed by atoms with Crippen molar-refractivity contribution < 1.29 is 22.7 Å². The largest absolute Gasteiger partial charge is 0.497 e. The maximum atomic E-state index is 13.0. The van der Waals surface area contributed by atoms with Crippen LogP contribution in [0.25, 0.3) is 0 Å². The van der Waals surface area contributed by atoms with Gasteiger partial charge in [-0.1, -0.05) is 23.8 Å². The number of anilines is 2. The quantitative estimate of drug-likeness (QED) is 0.598. The standard InChI is InChI=1S/C23H24N2O5S/c1-16-8-11-20(12-9-16)31(27,28)25(2)18-7-5-6-17(14-18)23(26)24-21-13-10-19(29-3)15-22(21)30-4/h5-15H,1-4H3,(H,24,26). The Balaban J connectivity index is 1.86. The average Bonchev–Trinajstić information content (AvgIpc) is 2.79. The molecule has 31 heavy (non-hydrogen) atoms. The second-order valence-electron chi connectivity index (χ2n) is 6.86. The molecule has 0 heterocycles. The highest BCUT2D eigenvalue weighted by Gasteiger charge is 2.22. The first kappa shape index (κ1) is 22.2. The fourth-order valence-corrected chi connectivity index (χ4v) is 4.13. The number of rotatable bonds is 7. The molecule has 8 heteroatoms. The van der Waals surface area contributed by atoms with Crippen LogP contribution in [-0.4, -0.2) is 35.6 Å². The zero-order valence-electron chi connectivity index (χ0n) is 17.7. The highest BCUT2D eigenvalue weighted by Crippen LogP contribution is 2.30. The van der Waals surface area contributed by atoms with Crippen molar-refractivity contribution in [2.45, 2.75) is 11.8 Å². The van der Waals surface area contributed by atoms with Crippen LogP contribution in [0.3, 0.4) is 0 Å². The van der Waals surface area contributed by atoms with Crippen LogP contribution in [0.5, 0.6) is 11.5 Å². The third-order valence-corrected chi connectivity index (χ3v) is 6.61. The van der Waals surface area contributed by atoms with Gasteiger partial charge in [0.25, 0.3) is 15.9 Å². The van der Waals surface area contributed by atoms with E-state index in [-0.39, 0.29) is 4.90 Å². The van der Waals surface area contributed by atoms with E-state index in [1.165, 1.54) is 20.2 Å². The molecule has 0 aliphatic carbocycles. The average molecular weight is 441 g/mol. The number of amides is 1. The molecule has 0 radical (unpaired) electrons. The van der Waals surface area contributed by atoms with Gasteiger partial charge >= 0.3 is 0 Å². The summed E-state index contributed by atoms with van der Waals surface area (Å²) in [6.45, 7) is 1.89. The normalized spacial score (nSPS) is 11.0. The molecule has 0 saturated carbocycles. The van der Waals surface area contributed by atoms with Crippen LogP contribution < -0.4 is 19.1 Å². The molecular weight excluding hydrogens is 416 g/mol. The van der Waals surface area contributed by atoms with Crippen molar-refractivity contribution in [2.24, 2.45) is 0 Å². The van der Waals surface area contributed by atoms with E-state index in [2.05, 4.69) is 5.32 Å². The second kappa shape index (κ2) is 9.09. The molecule has 0 bridgehead atoms. The van der Waals surface area contributed by atoms with Crippen LogP contribution in [-0.2, 0) is 10.0 Å². The van der Waals surface area contributed by atoms with Crippen molar-refractivity contribution in [1.29, 1.82) is 0 Å². The number of ether oxygens (including phenoxy) is 2. The van der Waals surface area contributed by atoms with Crippen LogP contribution in [0.4, 0.5) is 11.4 Å². The number of methoxy groups -OCH3 is 2. The summed E-state index contributed by atoms with van der Waals surface area (Å²) < 4.78 is 37.5. The molecule has 0 aromatic heterocycles. The van der Waals surface area contributed by atoms with Crippen LogP contribution in [0.15, 0.2) is 71.6 Å². The summed E-state index contributed by atoms with van der Waals surface area (Å²) in [6, 6.07) is 18.1. The third kappa shape index (κ3) is 4.80. The molecule has 7 nitrogen and oxygen atoms in total. The van der Waals surface area contributed by atoms with E-state index in [1.807, 2.05) is 6.92 Å². The van der Waals surface area contributed by atoms with E-state index in [0.29, 0.717) is 28.4 Å². The minimum Gasteiger partial charge on any atom is -0.497 e. The first-order valence-corrected chi connectivity index (χ1v) is 10.9. The van der Waals surface area contributed by atoms with Gasteiger partial charge in [-0.25, -0.2) is 8.42 Å². The Bertz CT molecular complexity index is 1190. The lowest BCUT2D eigenvalue weighted by Gasteiger charge is -2.20. The smallest absolute Gasteiger partial charge is 0.264 e. The van der Waals surface area contributed by atoms with E-state index in [1.54, 1.807) is 67.8 Å². The second-order valence-corrected chi connectivity index (χ2v) is 8.83. The van der Waals surface area contributed by atoms with E-state index in [0.717, 1.165) is 9.87 Å². The van der Waals surface area contributed by atoms with Crippen molar-refractivity contribution >= 4 is 27.3 Å². The van der Waals surface area contributed by atoms with Crippen molar-refractivity contribution in [3.05, 3.63) is 77.9 Å². The van der Waals surface area contributed by atoms with E-state index in [4.69, 9.17) is 9.47 Å². The maximum Gasteiger partial charge on any atom is 0.264 e. The number of hydrogen-bond donors (Lipinski definition) is 1. The fourth-order valence-electron chi connectivity index (χ4n) is 2.95. The SMILES string of the molecule is COc1ccc(NC(=O)c2cccc(N(C)S(=O)(=O)c3ccc(C)cc3)c2)c(OC)c1. The maximum absolute atomic E-state index is 13.0. The van der Waals surface area contributed by atoms with Gasteiger partial charge in [0.2, 0.25) is 0 Å². The number of sulfonamides is 1. The molecule has 1 amide bonds. The van der Waals surface area contributed by atoms with Gasteiger partial charge in [-0.05, 0) is 49.4 Å². The Hall–Kier alpha value is -3.52. The number of benzene rings is 3. The van der Waals surface area contributed by atoms with Crippen LogP contribution in [0.2, 0.25) is 0 Å². The first-order chi connectivity index (χ1) is 14.8. The van der Waals surface area contributed by atoms with Crippen molar-refractivity contribution in [3.63, 3.8) is 0 Å². The van der Waals surface area contributed by atoms with Gasteiger partial charge in [-0.2, -0.15) is 0 Å². The minimum absolute atomic E-state index is 0.179. The van der Waals surface area contributed by atoms with E-state index < -0.39 is 15.9 Å². The van der Waals surface area contributed by atoms with Gasteiger partial charge in [0.1, 0.15) is 11.5 Å².